The molecule has 0 aromatic heterocycles. The van der Waals surface area contributed by atoms with E-state index in [9.17, 15) is 8.78 Å². The molecular weight excluding hydrogens is 270 g/mol. The minimum Gasteiger partial charge on any atom is -0.375 e. The van der Waals surface area contributed by atoms with Gasteiger partial charge in [-0.3, -0.25) is 0 Å². The van der Waals surface area contributed by atoms with Crippen LogP contribution in [0, 0.1) is 18.6 Å². The molecule has 0 bridgehead atoms. The molecule has 0 aliphatic carbocycles. The van der Waals surface area contributed by atoms with E-state index in [0.717, 1.165) is 11.8 Å². The third-order valence-electron chi connectivity index (χ3n) is 3.63. The molecule has 1 atom stereocenters. The molecule has 2 aromatic rings. The fourth-order valence-corrected chi connectivity index (χ4v) is 2.22. The summed E-state index contributed by atoms with van der Waals surface area (Å²) in [5.41, 5.74) is 8.49. The second kappa shape index (κ2) is 6.68. The first-order valence-electron chi connectivity index (χ1n) is 6.96. The van der Waals surface area contributed by atoms with Gasteiger partial charge in [-0.25, -0.2) is 8.78 Å². The van der Waals surface area contributed by atoms with Crippen LogP contribution in [0.15, 0.2) is 42.5 Å². The molecule has 0 radical (unpaired) electrons. The summed E-state index contributed by atoms with van der Waals surface area (Å²) in [6.45, 7) is 2.70. The number of nitrogens with two attached hydrogens (primary N) is 1. The van der Waals surface area contributed by atoms with Crippen LogP contribution in [0.3, 0.4) is 0 Å². The topological polar surface area (TPSA) is 29.3 Å². The Kier molecular flexibility index (Phi) is 4.91. The zero-order chi connectivity index (χ0) is 15.4. The third-order valence-corrected chi connectivity index (χ3v) is 3.63. The van der Waals surface area contributed by atoms with Gasteiger partial charge in [0.25, 0.3) is 0 Å². The van der Waals surface area contributed by atoms with Gasteiger partial charge in [0.2, 0.25) is 0 Å². The van der Waals surface area contributed by atoms with Crippen LogP contribution >= 0.6 is 0 Å². The normalized spacial score (nSPS) is 12.2. The van der Waals surface area contributed by atoms with Crippen molar-refractivity contribution in [1.29, 1.82) is 0 Å². The van der Waals surface area contributed by atoms with Gasteiger partial charge in [0.05, 0.1) is 0 Å². The van der Waals surface area contributed by atoms with Gasteiger partial charge in [-0.2, -0.15) is 0 Å². The number of aryl methyl sites for hydroxylation is 1. The van der Waals surface area contributed by atoms with Gasteiger partial charge in [-0.05, 0) is 31.5 Å². The predicted molar refractivity (Wildman–Crippen MR) is 82.4 cm³/mol. The van der Waals surface area contributed by atoms with Crippen LogP contribution in [0.1, 0.15) is 23.6 Å². The summed E-state index contributed by atoms with van der Waals surface area (Å²) in [7, 11) is 1.96. The molecule has 0 fully saturated rings. The van der Waals surface area contributed by atoms with Crippen LogP contribution in [-0.2, 0) is 0 Å². The minimum absolute atomic E-state index is 0.229. The largest absolute Gasteiger partial charge is 0.375 e. The number of hydrogen-bond donors (Lipinski definition) is 1. The van der Waals surface area contributed by atoms with Crippen molar-refractivity contribution in [2.24, 2.45) is 5.73 Å². The van der Waals surface area contributed by atoms with E-state index in [-0.39, 0.29) is 5.56 Å². The second-order valence-electron chi connectivity index (χ2n) is 5.30. The number of nitrogens with zero attached hydrogens (tertiary/aromatic N) is 1. The SMILES string of the molecule is Cc1ccc(N(C)CCC(N)c2cccc(F)c2F)cc1. The first-order chi connectivity index (χ1) is 9.99. The highest BCUT2D eigenvalue weighted by molar-refractivity contribution is 5.46. The van der Waals surface area contributed by atoms with Crippen LogP contribution in [0.5, 0.6) is 0 Å². The molecule has 0 aliphatic rings. The summed E-state index contributed by atoms with van der Waals surface area (Å²) in [5, 5.41) is 0. The Balaban J connectivity index is 1.99. The molecule has 2 rings (SSSR count). The smallest absolute Gasteiger partial charge is 0.163 e. The Morgan fingerprint density at radius 3 is 2.43 bits per heavy atom. The van der Waals surface area contributed by atoms with Crippen molar-refractivity contribution in [3.8, 4) is 0 Å². The monoisotopic (exact) mass is 290 g/mol. The first kappa shape index (κ1) is 15.4. The van der Waals surface area contributed by atoms with Crippen LogP contribution in [0.2, 0.25) is 0 Å². The van der Waals surface area contributed by atoms with E-state index < -0.39 is 17.7 Å². The number of hydrogen-bond acceptors (Lipinski definition) is 2. The molecule has 0 heterocycles. The standard InChI is InChI=1S/C17H20F2N2/c1-12-6-8-13(9-7-12)21(2)11-10-16(20)14-4-3-5-15(18)17(14)19/h3-9,16H,10-11,20H2,1-2H3. The molecular formula is C17H20F2N2. The molecule has 0 aliphatic heterocycles. The number of halogens is 2. The lowest BCUT2D eigenvalue weighted by atomic mass is 10.0. The fraction of sp³-hybridized carbons (Fsp3) is 0.294. The molecule has 1 unspecified atom stereocenters. The average Bonchev–Trinajstić information content (AvgIpc) is 2.48. The number of anilines is 1. The van der Waals surface area contributed by atoms with Crippen LogP contribution in [0.25, 0.3) is 0 Å². The van der Waals surface area contributed by atoms with E-state index in [1.54, 1.807) is 0 Å². The highest BCUT2D eigenvalue weighted by Gasteiger charge is 2.15. The highest BCUT2D eigenvalue weighted by atomic mass is 19.2. The molecule has 0 spiro atoms. The quantitative estimate of drug-likeness (QED) is 0.907. The van der Waals surface area contributed by atoms with Gasteiger partial charge >= 0.3 is 0 Å². The van der Waals surface area contributed by atoms with Crippen LogP contribution in [-0.4, -0.2) is 13.6 Å². The molecule has 4 heteroatoms. The fourth-order valence-electron chi connectivity index (χ4n) is 2.22. The van der Waals surface area contributed by atoms with Crippen LogP contribution < -0.4 is 10.6 Å². The summed E-state index contributed by atoms with van der Waals surface area (Å²) in [6.07, 6.45) is 0.546. The van der Waals surface area contributed by atoms with Gasteiger partial charge in [-0.1, -0.05) is 29.8 Å². The van der Waals surface area contributed by atoms with Gasteiger partial charge in [0.15, 0.2) is 11.6 Å². The lowest BCUT2D eigenvalue weighted by molar-refractivity contribution is 0.484. The van der Waals surface area contributed by atoms with Crippen molar-refractivity contribution in [2.75, 3.05) is 18.5 Å². The number of rotatable bonds is 5. The van der Waals surface area contributed by atoms with E-state index in [4.69, 9.17) is 5.73 Å². The molecule has 112 valence electrons. The van der Waals surface area contributed by atoms with Crippen molar-refractivity contribution < 1.29 is 8.78 Å². The Morgan fingerprint density at radius 2 is 1.76 bits per heavy atom. The van der Waals surface area contributed by atoms with Crippen molar-refractivity contribution >= 4 is 5.69 Å². The van der Waals surface area contributed by atoms with Crippen molar-refractivity contribution in [1.82, 2.24) is 0 Å². The Labute approximate surface area is 124 Å². The van der Waals surface area contributed by atoms with E-state index in [1.165, 1.54) is 17.7 Å². The first-order valence-corrected chi connectivity index (χ1v) is 6.96. The van der Waals surface area contributed by atoms with Crippen molar-refractivity contribution in [3.05, 3.63) is 65.2 Å². The molecule has 0 saturated carbocycles. The maximum absolute atomic E-state index is 13.7. The minimum atomic E-state index is -0.852. The predicted octanol–water partition coefficient (Wildman–Crippen LogP) is 3.80. The summed E-state index contributed by atoms with van der Waals surface area (Å²) in [5.74, 6) is -1.70. The molecule has 21 heavy (non-hydrogen) atoms. The lowest BCUT2D eigenvalue weighted by Crippen LogP contribution is -2.24. The molecule has 2 nitrogen and oxygen atoms in total. The van der Waals surface area contributed by atoms with Gasteiger partial charge in [0.1, 0.15) is 0 Å². The Hall–Kier alpha value is -1.94. The van der Waals surface area contributed by atoms with E-state index in [0.29, 0.717) is 13.0 Å². The van der Waals surface area contributed by atoms with E-state index in [2.05, 4.69) is 4.90 Å². The van der Waals surface area contributed by atoms with Crippen molar-refractivity contribution in [2.45, 2.75) is 19.4 Å². The molecule has 2 N–H and O–H groups in total. The summed E-state index contributed by atoms with van der Waals surface area (Å²) in [6, 6.07) is 11.7. The summed E-state index contributed by atoms with van der Waals surface area (Å²) >= 11 is 0. The Morgan fingerprint density at radius 1 is 1.10 bits per heavy atom. The second-order valence-corrected chi connectivity index (χ2v) is 5.30. The third kappa shape index (κ3) is 3.79. The van der Waals surface area contributed by atoms with Crippen molar-refractivity contribution in [3.63, 3.8) is 0 Å². The Bertz CT molecular complexity index is 596. The number of benzene rings is 2. The van der Waals surface area contributed by atoms with Crippen LogP contribution in [0.4, 0.5) is 14.5 Å². The molecule has 0 amide bonds. The van der Waals surface area contributed by atoms with Gasteiger partial charge in [0, 0.05) is 30.9 Å². The van der Waals surface area contributed by atoms with Gasteiger partial charge in [-0.15, -0.1) is 0 Å². The molecule has 0 saturated heterocycles. The zero-order valence-electron chi connectivity index (χ0n) is 12.3. The maximum atomic E-state index is 13.7. The average molecular weight is 290 g/mol. The maximum Gasteiger partial charge on any atom is 0.163 e. The zero-order valence-corrected chi connectivity index (χ0v) is 12.3. The van der Waals surface area contributed by atoms with E-state index in [1.807, 2.05) is 38.2 Å². The van der Waals surface area contributed by atoms with E-state index >= 15 is 0 Å². The molecule has 2 aromatic carbocycles. The summed E-state index contributed by atoms with van der Waals surface area (Å²) < 4.78 is 26.9. The summed E-state index contributed by atoms with van der Waals surface area (Å²) in [4.78, 5) is 2.05. The lowest BCUT2D eigenvalue weighted by Gasteiger charge is -2.22. The highest BCUT2D eigenvalue weighted by Crippen LogP contribution is 2.21. The van der Waals surface area contributed by atoms with Gasteiger partial charge < -0.3 is 10.6 Å².